The smallest absolute Gasteiger partial charge is 0.313 e. The van der Waals surface area contributed by atoms with Crippen molar-refractivity contribution >= 4 is 23.6 Å². The number of amides is 1. The van der Waals surface area contributed by atoms with Crippen molar-refractivity contribution in [3.8, 4) is 0 Å². The molecule has 98 valence electrons. The van der Waals surface area contributed by atoms with Crippen LogP contribution in [0.2, 0.25) is 0 Å². The number of carboxylic acids is 1. The molecule has 0 radical (unpaired) electrons. The molecule has 0 bridgehead atoms. The minimum Gasteiger partial charge on any atom is -0.481 e. The summed E-state index contributed by atoms with van der Waals surface area (Å²) in [6, 6.07) is 0. The van der Waals surface area contributed by atoms with E-state index in [-0.39, 0.29) is 11.7 Å². The van der Waals surface area contributed by atoms with Crippen LogP contribution in [0.3, 0.4) is 0 Å². The van der Waals surface area contributed by atoms with Crippen LogP contribution in [0.1, 0.15) is 32.6 Å². The van der Waals surface area contributed by atoms with Crippen molar-refractivity contribution in [3.05, 3.63) is 0 Å². The molecule has 1 rings (SSSR count). The topological polar surface area (TPSA) is 57.6 Å². The van der Waals surface area contributed by atoms with Gasteiger partial charge in [-0.25, -0.2) is 0 Å². The Morgan fingerprint density at radius 2 is 1.94 bits per heavy atom. The monoisotopic (exact) mass is 259 g/mol. The lowest BCUT2D eigenvalue weighted by Gasteiger charge is -2.31. The number of carboxylic acid groups (broad SMARTS) is 1. The van der Waals surface area contributed by atoms with Gasteiger partial charge in [0.25, 0.3) is 0 Å². The molecule has 1 saturated heterocycles. The number of thioether (sulfide) groups is 1. The van der Waals surface area contributed by atoms with E-state index >= 15 is 0 Å². The molecular formula is C12H21NO3S. The summed E-state index contributed by atoms with van der Waals surface area (Å²) >= 11 is 1.18. The molecular weight excluding hydrogens is 238 g/mol. The molecule has 4 nitrogen and oxygen atoms in total. The average Bonchev–Trinajstić information content (AvgIpc) is 2.30. The summed E-state index contributed by atoms with van der Waals surface area (Å²) in [5.74, 6) is 0.314. The van der Waals surface area contributed by atoms with Crippen LogP contribution in [0.25, 0.3) is 0 Å². The van der Waals surface area contributed by atoms with Gasteiger partial charge in [0.2, 0.25) is 5.91 Å². The fourth-order valence-corrected chi connectivity index (χ4v) is 2.83. The van der Waals surface area contributed by atoms with Crippen LogP contribution in [-0.4, -0.2) is 46.5 Å². The van der Waals surface area contributed by atoms with Crippen molar-refractivity contribution in [1.82, 2.24) is 4.90 Å². The first-order chi connectivity index (χ1) is 8.13. The lowest BCUT2D eigenvalue weighted by Crippen LogP contribution is -2.39. The second kappa shape index (κ2) is 7.58. The Morgan fingerprint density at radius 3 is 2.47 bits per heavy atom. The number of nitrogens with zero attached hydrogens (tertiary/aromatic N) is 1. The maximum absolute atomic E-state index is 11.8. The highest BCUT2D eigenvalue weighted by atomic mass is 32.2. The molecule has 0 aliphatic carbocycles. The van der Waals surface area contributed by atoms with Gasteiger partial charge in [0.15, 0.2) is 0 Å². The first-order valence-electron chi connectivity index (χ1n) is 6.20. The number of hydrogen-bond acceptors (Lipinski definition) is 3. The van der Waals surface area contributed by atoms with Gasteiger partial charge >= 0.3 is 5.97 Å². The standard InChI is InChI=1S/C12H21NO3S/c1-2-3-10-4-6-13(7-5-10)11(14)8-17-9-12(15)16/h10H,2-9H2,1H3,(H,15,16). The van der Waals surface area contributed by atoms with Crippen LogP contribution in [0.4, 0.5) is 0 Å². The third-order valence-electron chi connectivity index (χ3n) is 3.12. The third-order valence-corrected chi connectivity index (χ3v) is 4.02. The Hall–Kier alpha value is -0.710. The van der Waals surface area contributed by atoms with Crippen LogP contribution >= 0.6 is 11.8 Å². The predicted molar refractivity (Wildman–Crippen MR) is 69.2 cm³/mol. The van der Waals surface area contributed by atoms with E-state index in [1.165, 1.54) is 24.6 Å². The highest BCUT2D eigenvalue weighted by Crippen LogP contribution is 2.22. The molecule has 17 heavy (non-hydrogen) atoms. The van der Waals surface area contributed by atoms with E-state index in [2.05, 4.69) is 6.92 Å². The molecule has 1 fully saturated rings. The fourth-order valence-electron chi connectivity index (χ4n) is 2.20. The quantitative estimate of drug-likeness (QED) is 0.791. The lowest BCUT2D eigenvalue weighted by molar-refractivity contribution is -0.133. The van der Waals surface area contributed by atoms with Crippen molar-refractivity contribution in [2.24, 2.45) is 5.92 Å². The van der Waals surface area contributed by atoms with Crippen LogP contribution in [0.15, 0.2) is 0 Å². The SMILES string of the molecule is CCCC1CCN(C(=O)CSCC(=O)O)CC1. The molecule has 0 aromatic rings. The molecule has 1 aliphatic heterocycles. The zero-order chi connectivity index (χ0) is 12.7. The number of rotatable bonds is 6. The maximum atomic E-state index is 11.8. The fraction of sp³-hybridized carbons (Fsp3) is 0.833. The Bertz CT molecular complexity index is 262. The normalized spacial score (nSPS) is 17.1. The summed E-state index contributed by atoms with van der Waals surface area (Å²) in [6.07, 6.45) is 4.68. The van der Waals surface area contributed by atoms with Gasteiger partial charge in [-0.15, -0.1) is 11.8 Å². The number of piperidine rings is 1. The minimum absolute atomic E-state index is 0.0119. The Balaban J connectivity index is 2.19. The maximum Gasteiger partial charge on any atom is 0.313 e. The molecule has 0 aromatic heterocycles. The zero-order valence-corrected chi connectivity index (χ0v) is 11.2. The molecule has 0 spiro atoms. The largest absolute Gasteiger partial charge is 0.481 e. The zero-order valence-electron chi connectivity index (χ0n) is 10.4. The van der Waals surface area contributed by atoms with Crippen LogP contribution in [0.5, 0.6) is 0 Å². The second-order valence-electron chi connectivity index (χ2n) is 4.50. The Labute approximate surface area is 107 Å². The van der Waals surface area contributed by atoms with Crippen molar-refractivity contribution in [3.63, 3.8) is 0 Å². The van der Waals surface area contributed by atoms with E-state index in [4.69, 9.17) is 5.11 Å². The van der Waals surface area contributed by atoms with Crippen molar-refractivity contribution < 1.29 is 14.7 Å². The van der Waals surface area contributed by atoms with Gasteiger partial charge < -0.3 is 10.0 Å². The number of aliphatic carboxylic acids is 1. The van der Waals surface area contributed by atoms with E-state index in [9.17, 15) is 9.59 Å². The number of likely N-dealkylation sites (tertiary alicyclic amines) is 1. The predicted octanol–water partition coefficient (Wildman–Crippen LogP) is 1.84. The second-order valence-corrected chi connectivity index (χ2v) is 5.48. The van der Waals surface area contributed by atoms with Crippen molar-refractivity contribution in [1.29, 1.82) is 0 Å². The number of carbonyl (C=O) groups is 2. The van der Waals surface area contributed by atoms with Gasteiger partial charge in [-0.05, 0) is 18.8 Å². The van der Waals surface area contributed by atoms with Gasteiger partial charge in [0, 0.05) is 13.1 Å². The molecule has 0 unspecified atom stereocenters. The molecule has 1 heterocycles. The van der Waals surface area contributed by atoms with Crippen LogP contribution in [0, 0.1) is 5.92 Å². The van der Waals surface area contributed by atoms with Gasteiger partial charge in [-0.3, -0.25) is 9.59 Å². The van der Waals surface area contributed by atoms with Crippen LogP contribution in [-0.2, 0) is 9.59 Å². The lowest BCUT2D eigenvalue weighted by atomic mass is 9.92. The molecule has 5 heteroatoms. The number of hydrogen-bond donors (Lipinski definition) is 1. The van der Waals surface area contributed by atoms with Crippen molar-refractivity contribution in [2.75, 3.05) is 24.6 Å². The van der Waals surface area contributed by atoms with Gasteiger partial charge in [-0.1, -0.05) is 19.8 Å². The molecule has 1 amide bonds. The summed E-state index contributed by atoms with van der Waals surface area (Å²) in [6.45, 7) is 3.88. The molecule has 1 N–H and O–H groups in total. The third kappa shape index (κ3) is 5.44. The molecule has 0 aromatic carbocycles. The van der Waals surface area contributed by atoms with Gasteiger partial charge in [0.1, 0.15) is 0 Å². The summed E-state index contributed by atoms with van der Waals surface area (Å²) in [4.78, 5) is 24.0. The summed E-state index contributed by atoms with van der Waals surface area (Å²) < 4.78 is 0. The Kier molecular flexibility index (Phi) is 6.40. The highest BCUT2D eigenvalue weighted by molar-refractivity contribution is 8.00. The van der Waals surface area contributed by atoms with Crippen molar-refractivity contribution in [2.45, 2.75) is 32.6 Å². The molecule has 0 saturated carbocycles. The first-order valence-corrected chi connectivity index (χ1v) is 7.36. The van der Waals surface area contributed by atoms with Crippen LogP contribution < -0.4 is 0 Å². The average molecular weight is 259 g/mol. The minimum atomic E-state index is -0.857. The van der Waals surface area contributed by atoms with E-state index in [1.807, 2.05) is 4.90 Å². The number of carbonyl (C=O) groups excluding carboxylic acids is 1. The van der Waals surface area contributed by atoms with Gasteiger partial charge in [0.05, 0.1) is 11.5 Å². The highest BCUT2D eigenvalue weighted by Gasteiger charge is 2.21. The van der Waals surface area contributed by atoms with E-state index in [0.717, 1.165) is 31.8 Å². The molecule has 0 atom stereocenters. The Morgan fingerprint density at radius 1 is 1.29 bits per heavy atom. The summed E-state index contributed by atoms with van der Waals surface area (Å²) in [7, 11) is 0. The van der Waals surface area contributed by atoms with E-state index < -0.39 is 5.97 Å². The van der Waals surface area contributed by atoms with E-state index in [0.29, 0.717) is 5.75 Å². The summed E-state index contributed by atoms with van der Waals surface area (Å²) in [5, 5.41) is 8.48. The summed E-state index contributed by atoms with van der Waals surface area (Å²) in [5.41, 5.74) is 0. The van der Waals surface area contributed by atoms with Gasteiger partial charge in [-0.2, -0.15) is 0 Å². The first kappa shape index (κ1) is 14.4. The molecule has 1 aliphatic rings. The van der Waals surface area contributed by atoms with E-state index in [1.54, 1.807) is 0 Å².